The van der Waals surface area contributed by atoms with Crippen molar-refractivity contribution >= 4 is 125 Å². The van der Waals surface area contributed by atoms with Crippen LogP contribution in [-0.2, 0) is 54.9 Å². The number of benzene rings is 8. The van der Waals surface area contributed by atoms with Gasteiger partial charge in [0, 0.05) is 22.1 Å². The van der Waals surface area contributed by atoms with Gasteiger partial charge in [-0.25, -0.2) is 0 Å². The number of nitrogens with zero attached hydrogens (tertiary/aromatic N) is 5. The van der Waals surface area contributed by atoms with Crippen molar-refractivity contribution in [2.75, 3.05) is 41.7 Å². The number of rotatable bonds is 18. The molecular weight excluding hydrogens is 1190 g/mol. The molecule has 13 N–H and O–H groups in total. The summed E-state index contributed by atoms with van der Waals surface area (Å²) in [5.74, 6) is -4.08. The Balaban J connectivity index is 0.900. The summed E-state index contributed by atoms with van der Waals surface area (Å²) in [4.78, 5) is 35.7. The fraction of sp³-hybridized carbons (Fsp3) is 0.130. The van der Waals surface area contributed by atoms with E-state index in [2.05, 4.69) is 31.1 Å². The van der Waals surface area contributed by atoms with Crippen molar-refractivity contribution in [3.63, 3.8) is 0 Å². The lowest BCUT2D eigenvalue weighted by Gasteiger charge is -2.20. The molecule has 442 valence electrons. The van der Waals surface area contributed by atoms with E-state index < -0.39 is 131 Å². The number of carbonyl (C=O) groups is 3. The highest BCUT2D eigenvalue weighted by atomic mass is 32.2. The summed E-state index contributed by atoms with van der Waals surface area (Å²) in [5.41, 5.74) is 16.7. The Morgan fingerprint density at radius 3 is 1.05 bits per heavy atom. The largest absolute Gasteiger partial charge is 0.505 e. The van der Waals surface area contributed by atoms with Gasteiger partial charge in [0.05, 0.1) is 53.2 Å². The number of phenolic OH excluding ortho intramolecular Hbond substituents is 2. The molecule has 0 saturated heterocycles. The Hall–Kier alpha value is -9.31. The number of hydrogen-bond donors (Lipinski definition) is 11. The van der Waals surface area contributed by atoms with Gasteiger partial charge in [-0.15, -0.1) is 10.2 Å². The van der Waals surface area contributed by atoms with Crippen LogP contribution in [0.15, 0.2) is 149 Å². The highest BCUT2D eigenvalue weighted by Gasteiger charge is 2.29. The lowest BCUT2D eigenvalue weighted by atomic mass is 10.00. The van der Waals surface area contributed by atoms with Gasteiger partial charge in [-0.2, -0.15) is 43.9 Å². The molecule has 0 unspecified atom stereocenters. The van der Waals surface area contributed by atoms with Gasteiger partial charge in [-0.05, 0) is 145 Å². The molecular formula is C54H49N9O18S4. The molecule has 0 aliphatic rings. The van der Waals surface area contributed by atoms with E-state index in [4.69, 9.17) is 11.5 Å². The standard InChI is InChI=1S/C54H49N9O18S4/c1-26-17-30(32-7-13-38(28(3)19-32)59-61-40-15-9-34-42(82(70,71)72)21-44(84(76,77)78)51(55)49(34)53(40)68)5-11-36(26)57-46(64)23-63(25-48(66)67)24-47(65)58-37-12-6-31(18-27(37)2)33-8-14-39(29(4)20-33)60-62-41-16-10-35-43(83(73,74)75)22-45(85(79,80)81)52(56)50(35)54(41)69/h5-22,68-69H,23-25,55-56H2,1-4H3,(H,57,64)(H,58,65)(H,66,67)(H,70,71,72)(H,73,74,75)(H,76,77,78)(H,79,80,81). The van der Waals surface area contributed by atoms with E-state index in [9.17, 15) is 81.6 Å². The second kappa shape index (κ2) is 23.4. The van der Waals surface area contributed by atoms with Gasteiger partial charge in [-0.3, -0.25) is 37.5 Å². The molecule has 27 nitrogen and oxygen atoms in total. The molecule has 0 radical (unpaired) electrons. The first-order chi connectivity index (χ1) is 39.6. The van der Waals surface area contributed by atoms with E-state index in [1.54, 1.807) is 100 Å². The minimum absolute atomic E-state index is 0.266. The molecule has 8 aromatic carbocycles. The maximum Gasteiger partial charge on any atom is 0.317 e. The molecule has 0 bridgehead atoms. The van der Waals surface area contributed by atoms with Gasteiger partial charge in [-0.1, -0.05) is 36.4 Å². The highest BCUT2D eigenvalue weighted by molar-refractivity contribution is 7.87. The Morgan fingerprint density at radius 2 is 0.741 bits per heavy atom. The Labute approximate surface area is 484 Å². The number of carboxylic acids is 1. The normalized spacial score (nSPS) is 12.4. The van der Waals surface area contributed by atoms with Gasteiger partial charge in [0.25, 0.3) is 40.5 Å². The van der Waals surface area contributed by atoms with Gasteiger partial charge >= 0.3 is 5.97 Å². The second-order valence-corrected chi connectivity index (χ2v) is 24.8. The SMILES string of the molecule is Cc1cc(-c2ccc(NC(=O)CN(CC(=O)O)CC(=O)Nc3ccc(-c4ccc(N=Nc5ccc6c(S(=O)(=O)O)cc(S(=O)(=O)O)c(N)c6c5O)c(C)c4)cc3C)c(C)c2)ccc1N=Nc1ccc2c(S(=O)(=O)O)cc(S(=O)(=O)O)c(N)c2c1O. The van der Waals surface area contributed by atoms with Crippen molar-refractivity contribution in [1.29, 1.82) is 0 Å². The molecule has 31 heteroatoms. The quantitative estimate of drug-likeness (QED) is 0.0217. The summed E-state index contributed by atoms with van der Waals surface area (Å²) in [6.45, 7) is 5.31. The first-order valence-electron chi connectivity index (χ1n) is 24.5. The first-order valence-corrected chi connectivity index (χ1v) is 30.2. The summed E-state index contributed by atoms with van der Waals surface area (Å²) >= 11 is 0. The molecule has 8 rings (SSSR count). The number of anilines is 4. The molecule has 0 aromatic heterocycles. The number of carboxylic acid groups (broad SMARTS) is 1. The number of carbonyl (C=O) groups excluding carboxylic acids is 2. The van der Waals surface area contributed by atoms with Crippen LogP contribution in [0.2, 0.25) is 0 Å². The van der Waals surface area contributed by atoms with Crippen molar-refractivity contribution < 1.29 is 81.6 Å². The van der Waals surface area contributed by atoms with E-state index in [0.717, 1.165) is 40.3 Å². The lowest BCUT2D eigenvalue weighted by molar-refractivity contribution is -0.138. The molecule has 8 aromatic rings. The van der Waals surface area contributed by atoms with Crippen molar-refractivity contribution in [3.05, 3.63) is 131 Å². The predicted molar refractivity (Wildman–Crippen MR) is 312 cm³/mol. The number of aryl methyl sites for hydroxylation is 4. The van der Waals surface area contributed by atoms with Gasteiger partial charge in [0.15, 0.2) is 11.5 Å². The molecule has 0 heterocycles. The average Bonchev–Trinajstić information content (AvgIpc) is 1.23. The minimum atomic E-state index is -5.12. The van der Waals surface area contributed by atoms with Crippen LogP contribution >= 0.6 is 0 Å². The van der Waals surface area contributed by atoms with Crippen molar-refractivity contribution in [2.45, 2.75) is 47.3 Å². The van der Waals surface area contributed by atoms with Gasteiger partial charge in [0.2, 0.25) is 11.8 Å². The van der Waals surface area contributed by atoms with Crippen LogP contribution in [-0.4, -0.2) is 110 Å². The molecule has 85 heavy (non-hydrogen) atoms. The number of fused-ring (bicyclic) bond motifs is 2. The van der Waals surface area contributed by atoms with Crippen molar-refractivity contribution in [2.24, 2.45) is 20.5 Å². The third-order valence-corrected chi connectivity index (χ3v) is 16.8. The average molecular weight is 1240 g/mol. The number of nitrogen functional groups attached to an aromatic ring is 2. The van der Waals surface area contributed by atoms with Crippen LogP contribution in [0.5, 0.6) is 11.5 Å². The fourth-order valence-electron chi connectivity index (χ4n) is 9.15. The topological polar surface area (TPSA) is 458 Å². The zero-order valence-corrected chi connectivity index (χ0v) is 47.9. The number of amides is 2. The van der Waals surface area contributed by atoms with Crippen LogP contribution in [0.4, 0.5) is 45.5 Å². The number of hydrogen-bond acceptors (Lipinski definition) is 20. The number of azo groups is 2. The van der Waals surface area contributed by atoms with E-state index in [0.29, 0.717) is 68.3 Å². The summed E-state index contributed by atoms with van der Waals surface area (Å²) < 4.78 is 135. The molecule has 0 aliphatic heterocycles. The van der Waals surface area contributed by atoms with Crippen molar-refractivity contribution in [3.8, 4) is 33.8 Å². The van der Waals surface area contributed by atoms with Gasteiger partial charge in [0.1, 0.15) is 31.0 Å². The van der Waals surface area contributed by atoms with E-state index in [-0.39, 0.29) is 22.1 Å². The maximum atomic E-state index is 13.4. The fourth-order valence-corrected chi connectivity index (χ4v) is 12.0. The predicted octanol–water partition coefficient (Wildman–Crippen LogP) is 8.92. The number of phenols is 2. The molecule has 0 fully saturated rings. The van der Waals surface area contributed by atoms with E-state index >= 15 is 0 Å². The maximum absolute atomic E-state index is 13.4. The van der Waals surface area contributed by atoms with Crippen LogP contribution < -0.4 is 22.1 Å². The first kappa shape index (κ1) is 61.8. The lowest BCUT2D eigenvalue weighted by Crippen LogP contribution is -2.41. The Kier molecular flexibility index (Phi) is 17.0. The van der Waals surface area contributed by atoms with Crippen LogP contribution in [0, 0.1) is 27.7 Å². The van der Waals surface area contributed by atoms with E-state index in [1.165, 1.54) is 0 Å². The summed E-state index contributed by atoms with van der Waals surface area (Å²) in [6.07, 6.45) is 0. The third-order valence-electron chi connectivity index (χ3n) is 13.2. The monoisotopic (exact) mass is 1240 g/mol. The Morgan fingerprint density at radius 1 is 0.435 bits per heavy atom. The van der Waals surface area contributed by atoms with E-state index in [1.807, 2.05) is 0 Å². The number of aliphatic carboxylic acids is 1. The van der Waals surface area contributed by atoms with Crippen LogP contribution in [0.25, 0.3) is 43.8 Å². The molecule has 0 spiro atoms. The number of aromatic hydroxyl groups is 2. The summed E-state index contributed by atoms with van der Waals surface area (Å²) in [5, 5.41) is 52.0. The minimum Gasteiger partial charge on any atom is -0.505 e. The summed E-state index contributed by atoms with van der Waals surface area (Å²) in [7, 11) is -20.4. The molecule has 0 aliphatic carbocycles. The number of nitrogens with one attached hydrogen (secondary N) is 2. The number of nitrogens with two attached hydrogens (primary N) is 2. The van der Waals surface area contributed by atoms with Crippen LogP contribution in [0.3, 0.4) is 0 Å². The smallest absolute Gasteiger partial charge is 0.317 e. The highest BCUT2D eigenvalue weighted by Crippen LogP contribution is 2.46. The second-order valence-electron chi connectivity index (χ2n) is 19.3. The summed E-state index contributed by atoms with van der Waals surface area (Å²) in [6, 6.07) is 26.0. The zero-order valence-electron chi connectivity index (χ0n) is 44.7. The van der Waals surface area contributed by atoms with Crippen molar-refractivity contribution in [1.82, 2.24) is 4.90 Å². The van der Waals surface area contributed by atoms with Crippen LogP contribution in [0.1, 0.15) is 22.3 Å². The zero-order chi connectivity index (χ0) is 62.4. The molecule has 0 saturated carbocycles. The Bertz CT molecular complexity index is 4420. The molecule has 2 amide bonds. The van der Waals surface area contributed by atoms with Gasteiger partial charge < -0.3 is 37.4 Å². The molecule has 0 atom stereocenters. The third kappa shape index (κ3) is 13.5.